The summed E-state index contributed by atoms with van der Waals surface area (Å²) in [5, 5.41) is 20.4. The summed E-state index contributed by atoms with van der Waals surface area (Å²) in [6.07, 6.45) is 1.45. The van der Waals surface area contributed by atoms with Gasteiger partial charge in [-0.05, 0) is 18.9 Å². The second-order valence-electron chi connectivity index (χ2n) is 3.23. The molecular weight excluding hydrogens is 198 g/mol. The number of carboxylic acids is 1. The molecule has 1 aromatic heterocycles. The SMILES string of the molecule is CCC(CCO)Nc1ccc(C(=O)O)o1. The average Bonchev–Trinajstić information content (AvgIpc) is 2.65. The Morgan fingerprint density at radius 3 is 2.80 bits per heavy atom. The van der Waals surface area contributed by atoms with Gasteiger partial charge in [-0.1, -0.05) is 6.92 Å². The first kappa shape index (κ1) is 11.6. The van der Waals surface area contributed by atoms with Crippen LogP contribution in [-0.4, -0.2) is 28.8 Å². The summed E-state index contributed by atoms with van der Waals surface area (Å²) < 4.78 is 5.03. The predicted octanol–water partition coefficient (Wildman–Crippen LogP) is 1.55. The molecule has 0 aliphatic rings. The molecule has 0 spiro atoms. The fourth-order valence-corrected chi connectivity index (χ4v) is 1.27. The zero-order valence-electron chi connectivity index (χ0n) is 8.56. The minimum atomic E-state index is -1.08. The van der Waals surface area contributed by atoms with Crippen LogP contribution < -0.4 is 5.32 Å². The Morgan fingerprint density at radius 1 is 1.60 bits per heavy atom. The summed E-state index contributed by atoms with van der Waals surface area (Å²) in [6.45, 7) is 2.08. The van der Waals surface area contributed by atoms with Gasteiger partial charge in [-0.25, -0.2) is 4.79 Å². The molecule has 1 rings (SSSR count). The zero-order chi connectivity index (χ0) is 11.3. The van der Waals surface area contributed by atoms with Gasteiger partial charge in [-0.2, -0.15) is 0 Å². The summed E-state index contributed by atoms with van der Waals surface area (Å²) in [4.78, 5) is 10.5. The number of anilines is 1. The number of carbonyl (C=O) groups is 1. The molecule has 1 unspecified atom stereocenters. The molecule has 0 amide bonds. The molecule has 15 heavy (non-hydrogen) atoms. The van der Waals surface area contributed by atoms with Gasteiger partial charge in [-0.3, -0.25) is 0 Å². The highest BCUT2D eigenvalue weighted by Crippen LogP contribution is 2.16. The third-order valence-electron chi connectivity index (χ3n) is 2.13. The second-order valence-corrected chi connectivity index (χ2v) is 3.23. The van der Waals surface area contributed by atoms with Crippen molar-refractivity contribution in [2.24, 2.45) is 0 Å². The lowest BCUT2D eigenvalue weighted by Crippen LogP contribution is -2.19. The number of nitrogens with one attached hydrogen (secondary N) is 1. The van der Waals surface area contributed by atoms with E-state index in [-0.39, 0.29) is 18.4 Å². The number of carboxylic acid groups (broad SMARTS) is 1. The molecule has 3 N–H and O–H groups in total. The van der Waals surface area contributed by atoms with Crippen molar-refractivity contribution in [2.75, 3.05) is 11.9 Å². The van der Waals surface area contributed by atoms with E-state index >= 15 is 0 Å². The topological polar surface area (TPSA) is 82.7 Å². The molecule has 0 aliphatic carbocycles. The molecule has 1 aromatic rings. The Balaban J connectivity index is 2.59. The lowest BCUT2D eigenvalue weighted by atomic mass is 10.1. The van der Waals surface area contributed by atoms with Crippen molar-refractivity contribution in [1.82, 2.24) is 0 Å². The highest BCUT2D eigenvalue weighted by atomic mass is 16.4. The molecule has 0 saturated carbocycles. The van der Waals surface area contributed by atoms with Gasteiger partial charge < -0.3 is 19.9 Å². The quantitative estimate of drug-likeness (QED) is 0.667. The summed E-state index contributed by atoms with van der Waals surface area (Å²) >= 11 is 0. The Kier molecular flexibility index (Phi) is 4.17. The summed E-state index contributed by atoms with van der Waals surface area (Å²) in [5.41, 5.74) is 0. The maximum absolute atomic E-state index is 10.5. The molecule has 0 aliphatic heterocycles. The fraction of sp³-hybridized carbons (Fsp3) is 0.500. The normalized spacial score (nSPS) is 12.4. The molecule has 0 saturated heterocycles. The molecule has 1 atom stereocenters. The first-order chi connectivity index (χ1) is 7.17. The molecule has 0 radical (unpaired) electrons. The maximum Gasteiger partial charge on any atom is 0.371 e. The smallest absolute Gasteiger partial charge is 0.371 e. The van der Waals surface area contributed by atoms with Gasteiger partial charge in [0.05, 0.1) is 0 Å². The minimum Gasteiger partial charge on any atom is -0.475 e. The van der Waals surface area contributed by atoms with Crippen LogP contribution in [0.25, 0.3) is 0 Å². The van der Waals surface area contributed by atoms with Gasteiger partial charge in [0.1, 0.15) is 0 Å². The minimum absolute atomic E-state index is 0.0867. The van der Waals surface area contributed by atoms with E-state index in [0.29, 0.717) is 12.3 Å². The molecule has 5 heteroatoms. The first-order valence-electron chi connectivity index (χ1n) is 4.88. The van der Waals surface area contributed by atoms with Gasteiger partial charge in [0.25, 0.3) is 0 Å². The van der Waals surface area contributed by atoms with E-state index in [9.17, 15) is 4.79 Å². The highest BCUT2D eigenvalue weighted by Gasteiger charge is 2.11. The summed E-state index contributed by atoms with van der Waals surface area (Å²) in [6, 6.07) is 3.07. The molecular formula is C10H15NO4. The van der Waals surface area contributed by atoms with E-state index in [1.54, 1.807) is 6.07 Å². The predicted molar refractivity (Wildman–Crippen MR) is 55.1 cm³/mol. The maximum atomic E-state index is 10.5. The molecule has 0 aromatic carbocycles. The highest BCUT2D eigenvalue weighted by molar-refractivity contribution is 5.84. The van der Waals surface area contributed by atoms with Crippen molar-refractivity contribution >= 4 is 11.9 Å². The van der Waals surface area contributed by atoms with E-state index in [0.717, 1.165) is 6.42 Å². The fourth-order valence-electron chi connectivity index (χ4n) is 1.27. The van der Waals surface area contributed by atoms with Crippen molar-refractivity contribution in [3.05, 3.63) is 17.9 Å². The molecule has 5 nitrogen and oxygen atoms in total. The lowest BCUT2D eigenvalue weighted by molar-refractivity contribution is 0.0663. The van der Waals surface area contributed by atoms with E-state index < -0.39 is 5.97 Å². The van der Waals surface area contributed by atoms with Gasteiger partial charge in [0.15, 0.2) is 5.88 Å². The van der Waals surface area contributed by atoms with Crippen molar-refractivity contribution < 1.29 is 19.4 Å². The number of aromatic carboxylic acids is 1. The van der Waals surface area contributed by atoms with Crippen LogP contribution in [0, 0.1) is 0 Å². The third-order valence-corrected chi connectivity index (χ3v) is 2.13. The standard InChI is InChI=1S/C10H15NO4/c1-2-7(5-6-12)11-9-4-3-8(15-9)10(13)14/h3-4,7,11-12H,2,5-6H2,1H3,(H,13,14). The Bertz CT molecular complexity index is 321. The van der Waals surface area contributed by atoms with Gasteiger partial charge >= 0.3 is 5.97 Å². The van der Waals surface area contributed by atoms with Crippen LogP contribution in [0.5, 0.6) is 0 Å². The van der Waals surface area contributed by atoms with Gasteiger partial charge in [0.2, 0.25) is 5.76 Å². The number of aliphatic hydroxyl groups is 1. The van der Waals surface area contributed by atoms with E-state index in [4.69, 9.17) is 14.6 Å². The number of aliphatic hydroxyl groups excluding tert-OH is 1. The van der Waals surface area contributed by atoms with Crippen molar-refractivity contribution in [1.29, 1.82) is 0 Å². The van der Waals surface area contributed by atoms with Crippen LogP contribution in [0.4, 0.5) is 5.88 Å². The number of furan rings is 1. The number of rotatable bonds is 6. The van der Waals surface area contributed by atoms with Gasteiger partial charge in [0, 0.05) is 18.7 Å². The van der Waals surface area contributed by atoms with E-state index in [1.165, 1.54) is 6.07 Å². The molecule has 0 fully saturated rings. The van der Waals surface area contributed by atoms with Crippen LogP contribution in [-0.2, 0) is 0 Å². The summed E-state index contributed by atoms with van der Waals surface area (Å²) in [7, 11) is 0. The van der Waals surface area contributed by atoms with Crippen LogP contribution in [0.1, 0.15) is 30.3 Å². The van der Waals surface area contributed by atoms with Crippen LogP contribution >= 0.6 is 0 Å². The van der Waals surface area contributed by atoms with Crippen molar-refractivity contribution in [3.63, 3.8) is 0 Å². The Morgan fingerprint density at radius 2 is 2.33 bits per heavy atom. The molecule has 0 bridgehead atoms. The van der Waals surface area contributed by atoms with E-state index in [1.807, 2.05) is 6.92 Å². The molecule has 1 heterocycles. The summed E-state index contributed by atoms with van der Waals surface area (Å²) in [5.74, 6) is -0.748. The largest absolute Gasteiger partial charge is 0.475 e. The van der Waals surface area contributed by atoms with Crippen LogP contribution in [0.2, 0.25) is 0 Å². The lowest BCUT2D eigenvalue weighted by Gasteiger charge is -2.14. The second kappa shape index (κ2) is 5.41. The van der Waals surface area contributed by atoms with E-state index in [2.05, 4.69) is 5.32 Å². The Hall–Kier alpha value is -1.49. The number of hydrogen-bond donors (Lipinski definition) is 3. The first-order valence-corrected chi connectivity index (χ1v) is 4.88. The number of hydrogen-bond acceptors (Lipinski definition) is 4. The van der Waals surface area contributed by atoms with Crippen molar-refractivity contribution in [2.45, 2.75) is 25.8 Å². The van der Waals surface area contributed by atoms with Crippen LogP contribution in [0.3, 0.4) is 0 Å². The van der Waals surface area contributed by atoms with Gasteiger partial charge in [-0.15, -0.1) is 0 Å². The Labute approximate surface area is 87.7 Å². The van der Waals surface area contributed by atoms with Crippen molar-refractivity contribution in [3.8, 4) is 0 Å². The van der Waals surface area contributed by atoms with Crippen LogP contribution in [0.15, 0.2) is 16.5 Å². The molecule has 84 valence electrons. The monoisotopic (exact) mass is 213 g/mol. The average molecular weight is 213 g/mol. The third kappa shape index (κ3) is 3.28. The zero-order valence-corrected chi connectivity index (χ0v) is 8.56.